The summed E-state index contributed by atoms with van der Waals surface area (Å²) in [7, 11) is 1.61. The summed E-state index contributed by atoms with van der Waals surface area (Å²) >= 11 is 6.06. The van der Waals surface area contributed by atoms with E-state index in [1.807, 2.05) is 24.3 Å². The number of benzene rings is 1. The van der Waals surface area contributed by atoms with Crippen LogP contribution in [0, 0.1) is 0 Å². The van der Waals surface area contributed by atoms with Gasteiger partial charge in [-0.3, -0.25) is 4.98 Å². The Kier molecular flexibility index (Phi) is 5.35. The first kappa shape index (κ1) is 14.8. The molecule has 0 amide bonds. The van der Waals surface area contributed by atoms with Crippen molar-refractivity contribution in [1.29, 1.82) is 0 Å². The third-order valence-electron chi connectivity index (χ3n) is 2.86. The molecule has 2 aromatic rings. The molecular formula is C15H16ClNO3. The molecule has 5 heteroatoms. The molecule has 2 rings (SSSR count). The molecule has 0 spiro atoms. The number of hydrogen-bond donors (Lipinski definition) is 1. The van der Waals surface area contributed by atoms with Crippen molar-refractivity contribution in [3.8, 4) is 5.75 Å². The number of rotatable bonds is 6. The maximum atomic E-state index is 10.5. The van der Waals surface area contributed by atoms with E-state index < -0.39 is 6.10 Å². The van der Waals surface area contributed by atoms with Gasteiger partial charge in [-0.15, -0.1) is 0 Å². The fourth-order valence-electron chi connectivity index (χ4n) is 1.85. The predicted molar refractivity (Wildman–Crippen MR) is 77.1 cm³/mol. The van der Waals surface area contributed by atoms with E-state index in [2.05, 4.69) is 4.98 Å². The second-order valence-electron chi connectivity index (χ2n) is 4.18. The van der Waals surface area contributed by atoms with Crippen molar-refractivity contribution in [2.24, 2.45) is 0 Å². The van der Waals surface area contributed by atoms with Gasteiger partial charge in [-0.2, -0.15) is 0 Å². The summed E-state index contributed by atoms with van der Waals surface area (Å²) in [4.78, 5) is 3.91. The summed E-state index contributed by atoms with van der Waals surface area (Å²) < 4.78 is 10.6. The fraction of sp³-hybridized carbons (Fsp3) is 0.267. The van der Waals surface area contributed by atoms with Crippen molar-refractivity contribution in [2.45, 2.75) is 6.10 Å². The second-order valence-corrected chi connectivity index (χ2v) is 4.59. The Morgan fingerprint density at radius 1 is 1.20 bits per heavy atom. The Bertz CT molecular complexity index is 562. The normalized spacial score (nSPS) is 12.2. The molecule has 0 saturated carbocycles. The molecule has 1 heterocycles. The Morgan fingerprint density at radius 3 is 2.75 bits per heavy atom. The molecule has 0 saturated heterocycles. The maximum Gasteiger partial charge on any atom is 0.125 e. The smallest absolute Gasteiger partial charge is 0.125 e. The van der Waals surface area contributed by atoms with Gasteiger partial charge in [0.15, 0.2) is 0 Å². The molecule has 20 heavy (non-hydrogen) atoms. The summed E-state index contributed by atoms with van der Waals surface area (Å²) in [6, 6.07) is 9.01. The molecule has 106 valence electrons. The van der Waals surface area contributed by atoms with Gasteiger partial charge in [-0.05, 0) is 12.1 Å². The lowest BCUT2D eigenvalue weighted by Gasteiger charge is -2.17. The monoisotopic (exact) mass is 293 g/mol. The van der Waals surface area contributed by atoms with Crippen LogP contribution in [-0.4, -0.2) is 30.4 Å². The van der Waals surface area contributed by atoms with Crippen molar-refractivity contribution >= 4 is 11.6 Å². The maximum absolute atomic E-state index is 10.5. The number of para-hydroxylation sites is 1. The van der Waals surface area contributed by atoms with Gasteiger partial charge in [0, 0.05) is 30.6 Å². The van der Waals surface area contributed by atoms with Crippen LogP contribution in [-0.2, 0) is 4.74 Å². The van der Waals surface area contributed by atoms with Crippen LogP contribution >= 0.6 is 11.6 Å². The van der Waals surface area contributed by atoms with Crippen LogP contribution < -0.4 is 4.74 Å². The summed E-state index contributed by atoms with van der Waals surface area (Å²) in [6.45, 7) is 0.907. The lowest BCUT2D eigenvalue weighted by molar-refractivity contribution is 0.142. The van der Waals surface area contributed by atoms with Crippen LogP contribution in [0.1, 0.15) is 17.2 Å². The van der Waals surface area contributed by atoms with E-state index in [-0.39, 0.29) is 0 Å². The molecule has 4 nitrogen and oxygen atoms in total. The number of methoxy groups -OCH3 is 1. The first-order valence-corrected chi connectivity index (χ1v) is 6.60. The first-order valence-electron chi connectivity index (χ1n) is 6.22. The zero-order valence-electron chi connectivity index (χ0n) is 11.1. The van der Waals surface area contributed by atoms with Gasteiger partial charge < -0.3 is 14.6 Å². The largest absolute Gasteiger partial charge is 0.491 e. The minimum Gasteiger partial charge on any atom is -0.491 e. The zero-order chi connectivity index (χ0) is 14.4. The minimum atomic E-state index is -0.857. The van der Waals surface area contributed by atoms with Crippen LogP contribution in [0.15, 0.2) is 42.7 Å². The highest BCUT2D eigenvalue weighted by Crippen LogP contribution is 2.32. The third kappa shape index (κ3) is 3.48. The van der Waals surface area contributed by atoms with Crippen molar-refractivity contribution in [1.82, 2.24) is 4.98 Å². The molecule has 1 aromatic heterocycles. The average molecular weight is 294 g/mol. The van der Waals surface area contributed by atoms with Gasteiger partial charge in [0.1, 0.15) is 18.5 Å². The molecule has 1 atom stereocenters. The van der Waals surface area contributed by atoms with E-state index in [4.69, 9.17) is 21.1 Å². The molecule has 0 bridgehead atoms. The fourth-order valence-corrected chi connectivity index (χ4v) is 2.07. The number of halogens is 1. The van der Waals surface area contributed by atoms with E-state index in [0.29, 0.717) is 35.1 Å². The number of ether oxygens (including phenoxy) is 2. The van der Waals surface area contributed by atoms with E-state index >= 15 is 0 Å². The van der Waals surface area contributed by atoms with E-state index in [0.717, 1.165) is 0 Å². The Balaban J connectivity index is 2.25. The van der Waals surface area contributed by atoms with E-state index in [9.17, 15) is 5.11 Å². The lowest BCUT2D eigenvalue weighted by atomic mass is 10.0. The Morgan fingerprint density at radius 2 is 2.00 bits per heavy atom. The van der Waals surface area contributed by atoms with Crippen LogP contribution in [0.25, 0.3) is 0 Å². The lowest BCUT2D eigenvalue weighted by Crippen LogP contribution is -2.08. The minimum absolute atomic E-state index is 0.421. The van der Waals surface area contributed by atoms with Gasteiger partial charge >= 0.3 is 0 Å². The summed E-state index contributed by atoms with van der Waals surface area (Å²) in [6.07, 6.45) is 2.25. The zero-order valence-corrected chi connectivity index (χ0v) is 11.9. The molecule has 0 aliphatic heterocycles. The first-order chi connectivity index (χ1) is 9.74. The second kappa shape index (κ2) is 7.24. The Labute approximate surface area is 122 Å². The molecule has 0 radical (unpaired) electrons. The van der Waals surface area contributed by atoms with E-state index in [1.165, 1.54) is 6.20 Å². The number of hydrogen-bond acceptors (Lipinski definition) is 4. The van der Waals surface area contributed by atoms with Crippen LogP contribution in [0.4, 0.5) is 0 Å². The van der Waals surface area contributed by atoms with Crippen molar-refractivity contribution in [3.63, 3.8) is 0 Å². The number of aliphatic hydroxyl groups excluding tert-OH is 1. The van der Waals surface area contributed by atoms with Crippen molar-refractivity contribution in [2.75, 3.05) is 20.3 Å². The van der Waals surface area contributed by atoms with Crippen molar-refractivity contribution in [3.05, 3.63) is 58.9 Å². The Hall–Kier alpha value is -1.62. The van der Waals surface area contributed by atoms with Crippen molar-refractivity contribution < 1.29 is 14.6 Å². The highest BCUT2D eigenvalue weighted by molar-refractivity contribution is 6.31. The molecule has 0 aliphatic carbocycles. The highest BCUT2D eigenvalue weighted by atomic mass is 35.5. The number of aliphatic hydroxyl groups is 1. The third-order valence-corrected chi connectivity index (χ3v) is 3.17. The number of nitrogens with zero attached hydrogens (tertiary/aromatic N) is 1. The van der Waals surface area contributed by atoms with Gasteiger partial charge in [-0.1, -0.05) is 29.8 Å². The van der Waals surface area contributed by atoms with Gasteiger partial charge in [0.2, 0.25) is 0 Å². The summed E-state index contributed by atoms with van der Waals surface area (Å²) in [5.74, 6) is 0.616. The molecule has 0 aliphatic rings. The van der Waals surface area contributed by atoms with Crippen LogP contribution in [0.3, 0.4) is 0 Å². The molecule has 0 fully saturated rings. The standard InChI is InChI=1S/C15H16ClNO3/c1-19-8-9-20-14-5-3-2-4-12(14)15(18)11-6-7-17-10-13(11)16/h2-7,10,15,18H,8-9H2,1H3. The molecule has 1 N–H and O–H groups in total. The average Bonchev–Trinajstić information content (AvgIpc) is 2.48. The van der Waals surface area contributed by atoms with Crippen LogP contribution in [0.5, 0.6) is 5.75 Å². The van der Waals surface area contributed by atoms with Gasteiger partial charge in [-0.25, -0.2) is 0 Å². The molecule has 1 unspecified atom stereocenters. The molecule has 1 aromatic carbocycles. The predicted octanol–water partition coefficient (Wildman–Crippen LogP) is 2.84. The van der Waals surface area contributed by atoms with Gasteiger partial charge in [0.05, 0.1) is 11.6 Å². The van der Waals surface area contributed by atoms with E-state index in [1.54, 1.807) is 19.4 Å². The van der Waals surface area contributed by atoms with Gasteiger partial charge in [0.25, 0.3) is 0 Å². The summed E-state index contributed by atoms with van der Waals surface area (Å²) in [5, 5.41) is 10.9. The topological polar surface area (TPSA) is 51.6 Å². The number of aromatic nitrogens is 1. The van der Waals surface area contributed by atoms with Crippen LogP contribution in [0.2, 0.25) is 5.02 Å². The number of pyridine rings is 1. The summed E-state index contributed by atoms with van der Waals surface area (Å²) in [5.41, 5.74) is 1.26. The SMILES string of the molecule is COCCOc1ccccc1C(O)c1ccncc1Cl. The molecular weight excluding hydrogens is 278 g/mol. The quantitative estimate of drug-likeness (QED) is 0.832. The highest BCUT2D eigenvalue weighted by Gasteiger charge is 2.17.